The minimum absolute atomic E-state index is 0. The molecule has 0 fully saturated rings. The Bertz CT molecular complexity index is 42.7. The zero-order valence-corrected chi connectivity index (χ0v) is 3.94. The van der Waals surface area contributed by atoms with Crippen molar-refractivity contribution in [2.45, 2.75) is 6.30 Å². The maximum atomic E-state index is 10.5. The van der Waals surface area contributed by atoms with Crippen molar-refractivity contribution in [2.75, 3.05) is 0 Å². The molecule has 0 aliphatic rings. The van der Waals surface area contributed by atoms with Crippen LogP contribution in [0.1, 0.15) is 0 Å². The van der Waals surface area contributed by atoms with Gasteiger partial charge >= 0.3 is 6.30 Å². The molecule has 0 unspecified atom stereocenters. The lowest BCUT2D eigenvalue weighted by molar-refractivity contribution is -0.157. The molecule has 0 aromatic carbocycles. The molecule has 46 valence electrons. The van der Waals surface area contributed by atoms with Crippen LogP contribution in [0.4, 0.5) is 13.2 Å². The van der Waals surface area contributed by atoms with Crippen molar-refractivity contribution in [2.24, 2.45) is 5.84 Å². The van der Waals surface area contributed by atoms with Crippen LogP contribution < -0.4 is 11.3 Å². The largest absolute Gasteiger partial charge is 0.470 e. The third-order valence-electron chi connectivity index (χ3n) is 0.164. The van der Waals surface area contributed by atoms with E-state index in [1.54, 1.807) is 0 Å². The zero-order chi connectivity index (χ0) is 5.21. The van der Waals surface area contributed by atoms with Gasteiger partial charge in [-0.25, -0.2) is 0 Å². The summed E-state index contributed by atoms with van der Waals surface area (Å²) in [4.78, 5) is 0. The molecule has 2 nitrogen and oxygen atoms in total. The number of hydrogen-bond donors (Lipinski definition) is 2. The van der Waals surface area contributed by atoms with Crippen molar-refractivity contribution in [3.63, 3.8) is 0 Å². The van der Waals surface area contributed by atoms with Gasteiger partial charge in [0.1, 0.15) is 0 Å². The molecular formula is CH4ClF3N2. The number of alkyl halides is 3. The first-order chi connectivity index (χ1) is 2.56. The van der Waals surface area contributed by atoms with Gasteiger partial charge in [-0.3, -0.25) is 5.84 Å². The highest BCUT2D eigenvalue weighted by Gasteiger charge is 2.23. The summed E-state index contributed by atoms with van der Waals surface area (Å²) in [5.74, 6) is 3.93. The van der Waals surface area contributed by atoms with E-state index in [4.69, 9.17) is 0 Å². The summed E-state index contributed by atoms with van der Waals surface area (Å²) in [6.45, 7) is 0. The highest BCUT2D eigenvalue weighted by molar-refractivity contribution is 5.85. The lowest BCUT2D eigenvalue weighted by Crippen LogP contribution is -2.37. The average Bonchev–Trinajstić information content (AvgIpc) is 1.35. The third-order valence-corrected chi connectivity index (χ3v) is 0.164. The molecule has 0 aromatic heterocycles. The lowest BCUT2D eigenvalue weighted by atomic mass is 11.2. The van der Waals surface area contributed by atoms with Crippen LogP contribution in [0.25, 0.3) is 0 Å². The highest BCUT2D eigenvalue weighted by atomic mass is 35.5. The second-order valence-corrected chi connectivity index (χ2v) is 0.642. The van der Waals surface area contributed by atoms with Gasteiger partial charge in [0.2, 0.25) is 0 Å². The fraction of sp³-hybridized carbons (Fsp3) is 1.00. The van der Waals surface area contributed by atoms with Crippen molar-refractivity contribution in [1.29, 1.82) is 0 Å². The standard InChI is InChI=1S/CH3F3N2.ClH/c2-1(3,4)6-5;/h6H,5H2;1H. The van der Waals surface area contributed by atoms with Crippen molar-refractivity contribution in [3.8, 4) is 0 Å². The molecule has 0 heterocycles. The highest BCUT2D eigenvalue weighted by Crippen LogP contribution is 2.05. The van der Waals surface area contributed by atoms with E-state index in [2.05, 4.69) is 5.84 Å². The molecule has 0 amide bonds. The van der Waals surface area contributed by atoms with Gasteiger partial charge in [0, 0.05) is 0 Å². The summed E-state index contributed by atoms with van der Waals surface area (Å²) in [6, 6.07) is 0. The molecule has 0 saturated carbocycles. The van der Waals surface area contributed by atoms with Gasteiger partial charge in [-0.2, -0.15) is 18.6 Å². The van der Waals surface area contributed by atoms with E-state index in [0.29, 0.717) is 5.43 Å². The molecule has 0 radical (unpaired) electrons. The Labute approximate surface area is 44.2 Å². The molecule has 6 heteroatoms. The molecular weight excluding hydrogens is 132 g/mol. The Morgan fingerprint density at radius 3 is 1.43 bits per heavy atom. The molecule has 7 heavy (non-hydrogen) atoms. The maximum absolute atomic E-state index is 10.5. The number of halogens is 4. The van der Waals surface area contributed by atoms with E-state index >= 15 is 0 Å². The van der Waals surface area contributed by atoms with Crippen LogP contribution in [-0.4, -0.2) is 6.30 Å². The van der Waals surface area contributed by atoms with Crippen LogP contribution in [0.3, 0.4) is 0 Å². The van der Waals surface area contributed by atoms with E-state index in [9.17, 15) is 13.2 Å². The van der Waals surface area contributed by atoms with Crippen molar-refractivity contribution < 1.29 is 13.2 Å². The van der Waals surface area contributed by atoms with Crippen LogP contribution in [-0.2, 0) is 0 Å². The van der Waals surface area contributed by atoms with E-state index in [0.717, 1.165) is 0 Å². The van der Waals surface area contributed by atoms with Gasteiger partial charge in [-0.05, 0) is 0 Å². The first-order valence-corrected chi connectivity index (χ1v) is 1.11. The normalized spacial score (nSPS) is 10.3. The Morgan fingerprint density at radius 2 is 1.43 bits per heavy atom. The van der Waals surface area contributed by atoms with Gasteiger partial charge in [0.15, 0.2) is 0 Å². The second kappa shape index (κ2) is 3.06. The molecule has 0 aliphatic carbocycles. The summed E-state index contributed by atoms with van der Waals surface area (Å²) in [5.41, 5.74) is 0.604. The molecule has 0 aromatic rings. The molecule has 0 aliphatic heterocycles. The number of hydrogen-bond acceptors (Lipinski definition) is 2. The van der Waals surface area contributed by atoms with Crippen LogP contribution in [0.2, 0.25) is 0 Å². The first-order valence-electron chi connectivity index (χ1n) is 1.11. The quantitative estimate of drug-likeness (QED) is 0.287. The van der Waals surface area contributed by atoms with Crippen LogP contribution in [0, 0.1) is 0 Å². The second-order valence-electron chi connectivity index (χ2n) is 0.642. The number of nitrogens with two attached hydrogens (primary N) is 1. The Hall–Kier alpha value is -0.0000000000000000555. The van der Waals surface area contributed by atoms with Crippen molar-refractivity contribution >= 4 is 12.4 Å². The van der Waals surface area contributed by atoms with Crippen molar-refractivity contribution in [1.82, 2.24) is 5.43 Å². The van der Waals surface area contributed by atoms with Gasteiger partial charge < -0.3 is 0 Å². The van der Waals surface area contributed by atoms with Crippen LogP contribution >= 0.6 is 12.4 Å². The van der Waals surface area contributed by atoms with E-state index < -0.39 is 6.30 Å². The number of rotatable bonds is 0. The molecule has 0 saturated heterocycles. The van der Waals surface area contributed by atoms with E-state index in [1.807, 2.05) is 0 Å². The molecule has 0 bridgehead atoms. The predicted molar refractivity (Wildman–Crippen MR) is 20.6 cm³/mol. The molecule has 3 N–H and O–H groups in total. The monoisotopic (exact) mass is 136 g/mol. The SMILES string of the molecule is Cl.NNC(F)(F)F. The van der Waals surface area contributed by atoms with Crippen molar-refractivity contribution in [3.05, 3.63) is 0 Å². The van der Waals surface area contributed by atoms with Crippen LogP contribution in [0.15, 0.2) is 0 Å². The topological polar surface area (TPSA) is 38.0 Å². The minimum atomic E-state index is -4.43. The summed E-state index contributed by atoms with van der Waals surface area (Å²) < 4.78 is 31.6. The van der Waals surface area contributed by atoms with E-state index in [1.165, 1.54) is 0 Å². The predicted octanol–water partition coefficient (Wildman–Crippen LogP) is 0.391. The summed E-state index contributed by atoms with van der Waals surface area (Å²) in [7, 11) is 0. The average molecular weight is 137 g/mol. The number of hydrazine groups is 1. The maximum Gasteiger partial charge on any atom is 0.470 e. The van der Waals surface area contributed by atoms with E-state index in [-0.39, 0.29) is 12.4 Å². The minimum Gasteiger partial charge on any atom is -0.264 e. The first kappa shape index (κ1) is 10.1. The smallest absolute Gasteiger partial charge is 0.264 e. The zero-order valence-electron chi connectivity index (χ0n) is 3.12. The Morgan fingerprint density at radius 1 is 1.29 bits per heavy atom. The number of nitrogens with one attached hydrogen (secondary N) is 1. The van der Waals surface area contributed by atoms with Gasteiger partial charge in [0.25, 0.3) is 0 Å². The third kappa shape index (κ3) is 10.7. The lowest BCUT2D eigenvalue weighted by Gasteiger charge is -1.98. The van der Waals surface area contributed by atoms with Gasteiger partial charge in [-0.15, -0.1) is 12.4 Å². The Kier molecular flexibility index (Phi) is 4.41. The summed E-state index contributed by atoms with van der Waals surface area (Å²) >= 11 is 0. The fourth-order valence-corrected chi connectivity index (χ4v) is 0. The fourth-order valence-electron chi connectivity index (χ4n) is 0. The van der Waals surface area contributed by atoms with Gasteiger partial charge in [-0.1, -0.05) is 0 Å². The summed E-state index contributed by atoms with van der Waals surface area (Å²) in [6.07, 6.45) is -4.43. The van der Waals surface area contributed by atoms with Crippen LogP contribution in [0.5, 0.6) is 0 Å². The Balaban J connectivity index is 0. The molecule has 0 spiro atoms. The summed E-state index contributed by atoms with van der Waals surface area (Å²) in [5, 5.41) is 0. The molecule has 0 atom stereocenters. The molecule has 0 rings (SSSR count). The van der Waals surface area contributed by atoms with Gasteiger partial charge in [0.05, 0.1) is 0 Å².